The Bertz CT molecular complexity index is 926. The van der Waals surface area contributed by atoms with Gasteiger partial charge in [-0.05, 0) is 66.8 Å². The van der Waals surface area contributed by atoms with Crippen molar-refractivity contribution in [2.45, 2.75) is 26.4 Å². The third-order valence-electron chi connectivity index (χ3n) is 3.83. The topological polar surface area (TPSA) is 59.2 Å². The smallest absolute Gasteiger partial charge is 0.254 e. The summed E-state index contributed by atoms with van der Waals surface area (Å²) < 4.78 is 6.75. The summed E-state index contributed by atoms with van der Waals surface area (Å²) in [5, 5.41) is 8.68. The Labute approximate surface area is 170 Å². The van der Waals surface area contributed by atoms with Gasteiger partial charge in [-0.1, -0.05) is 29.8 Å². The number of rotatable bonds is 5. The van der Waals surface area contributed by atoms with Crippen molar-refractivity contribution in [1.82, 2.24) is 15.1 Å². The Morgan fingerprint density at radius 2 is 1.96 bits per heavy atom. The molecule has 0 atom stereocenters. The van der Waals surface area contributed by atoms with Crippen LogP contribution in [0.4, 0.5) is 0 Å². The van der Waals surface area contributed by atoms with E-state index in [4.69, 9.17) is 16.0 Å². The number of hydrogen-bond acceptors (Lipinski definition) is 4. The second-order valence-corrected chi connectivity index (χ2v) is 7.67. The Morgan fingerprint density at radius 3 is 2.65 bits per heavy atom. The lowest BCUT2D eigenvalue weighted by atomic mass is 10.1. The zero-order valence-corrected chi connectivity index (χ0v) is 17.2. The largest absolute Gasteiger partial charge is 0.419 e. The van der Waals surface area contributed by atoms with Gasteiger partial charge in [0.15, 0.2) is 0 Å². The molecule has 3 aromatic rings. The van der Waals surface area contributed by atoms with Crippen LogP contribution in [0.15, 0.2) is 52.9 Å². The quantitative estimate of drug-likeness (QED) is 0.479. The van der Waals surface area contributed by atoms with E-state index in [0.717, 1.165) is 3.57 Å². The molecule has 7 heteroatoms. The molecule has 1 amide bonds. The molecule has 134 valence electrons. The maximum atomic E-state index is 12.9. The Kier molecular flexibility index (Phi) is 5.93. The summed E-state index contributed by atoms with van der Waals surface area (Å²) in [5.74, 6) is 0.639. The fourth-order valence-corrected chi connectivity index (χ4v) is 3.24. The monoisotopic (exact) mass is 481 g/mol. The molecule has 0 saturated heterocycles. The predicted molar refractivity (Wildman–Crippen MR) is 109 cm³/mol. The second-order valence-electron chi connectivity index (χ2n) is 6.02. The molecule has 0 unspecified atom stereocenters. The number of nitrogens with zero attached hydrogens (tertiary/aromatic N) is 3. The van der Waals surface area contributed by atoms with Gasteiger partial charge in [-0.3, -0.25) is 4.79 Å². The van der Waals surface area contributed by atoms with Crippen LogP contribution in [0.5, 0.6) is 0 Å². The summed E-state index contributed by atoms with van der Waals surface area (Å²) >= 11 is 8.37. The highest BCUT2D eigenvalue weighted by Crippen LogP contribution is 2.26. The van der Waals surface area contributed by atoms with Crippen LogP contribution in [0.2, 0.25) is 5.02 Å². The van der Waals surface area contributed by atoms with E-state index in [1.165, 1.54) is 0 Å². The minimum absolute atomic E-state index is 0.0176. The van der Waals surface area contributed by atoms with E-state index in [1.807, 2.05) is 56.3 Å². The van der Waals surface area contributed by atoms with Crippen molar-refractivity contribution in [3.8, 4) is 11.5 Å². The minimum Gasteiger partial charge on any atom is -0.419 e. The minimum atomic E-state index is -0.0731. The second kappa shape index (κ2) is 8.18. The van der Waals surface area contributed by atoms with Gasteiger partial charge in [-0.15, -0.1) is 10.2 Å². The van der Waals surface area contributed by atoms with Gasteiger partial charge in [0.1, 0.15) is 0 Å². The standard InChI is InChI=1S/C19H17ClIN3O2/c1-12(2)24(19(25)13-6-5-7-14(21)10-13)11-17-22-23-18(26-17)15-8-3-4-9-16(15)20/h3-10,12H,11H2,1-2H3. The highest BCUT2D eigenvalue weighted by molar-refractivity contribution is 14.1. The number of carbonyl (C=O) groups is 1. The van der Waals surface area contributed by atoms with Crippen molar-refractivity contribution in [3.05, 3.63) is 68.6 Å². The summed E-state index contributed by atoms with van der Waals surface area (Å²) in [6, 6.07) is 14.7. The molecule has 5 nitrogen and oxygen atoms in total. The third-order valence-corrected chi connectivity index (χ3v) is 4.83. The van der Waals surface area contributed by atoms with Crippen molar-refractivity contribution < 1.29 is 9.21 Å². The van der Waals surface area contributed by atoms with Crippen LogP contribution in [0.25, 0.3) is 11.5 Å². The van der Waals surface area contributed by atoms with E-state index >= 15 is 0 Å². The van der Waals surface area contributed by atoms with Gasteiger partial charge in [0.2, 0.25) is 11.8 Å². The highest BCUT2D eigenvalue weighted by Gasteiger charge is 2.22. The van der Waals surface area contributed by atoms with E-state index in [2.05, 4.69) is 32.8 Å². The summed E-state index contributed by atoms with van der Waals surface area (Å²) in [4.78, 5) is 14.6. The number of amides is 1. The average Bonchev–Trinajstić information content (AvgIpc) is 3.07. The lowest BCUT2D eigenvalue weighted by Gasteiger charge is -2.25. The fourth-order valence-electron chi connectivity index (χ4n) is 2.48. The number of carbonyl (C=O) groups excluding carboxylic acids is 1. The van der Waals surface area contributed by atoms with Crippen LogP contribution >= 0.6 is 34.2 Å². The Morgan fingerprint density at radius 1 is 1.19 bits per heavy atom. The zero-order chi connectivity index (χ0) is 18.7. The Balaban J connectivity index is 1.83. The molecule has 0 bridgehead atoms. The van der Waals surface area contributed by atoms with E-state index < -0.39 is 0 Å². The number of hydrogen-bond donors (Lipinski definition) is 0. The van der Waals surface area contributed by atoms with Crippen LogP contribution in [0, 0.1) is 3.57 Å². The first kappa shape index (κ1) is 18.8. The van der Waals surface area contributed by atoms with Crippen molar-refractivity contribution in [2.75, 3.05) is 0 Å². The molecular formula is C19H17ClIN3O2. The molecule has 0 aliphatic carbocycles. The van der Waals surface area contributed by atoms with Crippen LogP contribution in [0.3, 0.4) is 0 Å². The molecule has 0 spiro atoms. The van der Waals surface area contributed by atoms with Crippen molar-refractivity contribution in [3.63, 3.8) is 0 Å². The predicted octanol–water partition coefficient (Wildman–Crippen LogP) is 5.05. The molecule has 0 aliphatic heterocycles. The molecular weight excluding hydrogens is 465 g/mol. The van der Waals surface area contributed by atoms with Crippen LogP contribution in [-0.2, 0) is 6.54 Å². The summed E-state index contributed by atoms with van der Waals surface area (Å²) in [7, 11) is 0. The molecule has 0 radical (unpaired) electrons. The first-order valence-corrected chi connectivity index (χ1v) is 9.55. The van der Waals surface area contributed by atoms with Gasteiger partial charge in [-0.25, -0.2) is 0 Å². The summed E-state index contributed by atoms with van der Waals surface area (Å²) in [6.45, 7) is 4.15. The molecule has 26 heavy (non-hydrogen) atoms. The Hall–Kier alpha value is -1.93. The SMILES string of the molecule is CC(C)N(Cc1nnc(-c2ccccc2Cl)o1)C(=O)c1cccc(I)c1. The average molecular weight is 482 g/mol. The molecule has 3 rings (SSSR count). The normalized spacial score (nSPS) is 11.0. The lowest BCUT2D eigenvalue weighted by molar-refractivity contribution is 0.0672. The van der Waals surface area contributed by atoms with Gasteiger partial charge in [0.05, 0.1) is 17.1 Å². The van der Waals surface area contributed by atoms with Crippen LogP contribution in [-0.4, -0.2) is 27.0 Å². The molecule has 2 aromatic carbocycles. The van der Waals surface area contributed by atoms with E-state index in [0.29, 0.717) is 27.9 Å². The molecule has 0 N–H and O–H groups in total. The van der Waals surface area contributed by atoms with Gasteiger partial charge in [0.25, 0.3) is 5.91 Å². The maximum absolute atomic E-state index is 12.9. The first-order valence-electron chi connectivity index (χ1n) is 8.09. The first-order chi connectivity index (χ1) is 12.5. The van der Waals surface area contributed by atoms with Gasteiger partial charge < -0.3 is 9.32 Å². The van der Waals surface area contributed by atoms with E-state index in [9.17, 15) is 4.79 Å². The number of benzene rings is 2. The number of aromatic nitrogens is 2. The van der Waals surface area contributed by atoms with Crippen molar-refractivity contribution in [1.29, 1.82) is 0 Å². The highest BCUT2D eigenvalue weighted by atomic mass is 127. The molecule has 0 saturated carbocycles. The molecule has 1 aromatic heterocycles. The summed E-state index contributed by atoms with van der Waals surface area (Å²) in [5.41, 5.74) is 1.31. The third kappa shape index (κ3) is 4.24. The van der Waals surface area contributed by atoms with Crippen LogP contribution < -0.4 is 0 Å². The van der Waals surface area contributed by atoms with Crippen LogP contribution in [0.1, 0.15) is 30.1 Å². The molecule has 1 heterocycles. The van der Waals surface area contributed by atoms with E-state index in [-0.39, 0.29) is 18.5 Å². The zero-order valence-electron chi connectivity index (χ0n) is 14.3. The molecule has 0 fully saturated rings. The van der Waals surface area contributed by atoms with Gasteiger partial charge in [0, 0.05) is 15.2 Å². The van der Waals surface area contributed by atoms with E-state index in [1.54, 1.807) is 11.0 Å². The van der Waals surface area contributed by atoms with Gasteiger partial charge >= 0.3 is 0 Å². The molecule has 0 aliphatic rings. The number of halogens is 2. The fraction of sp³-hybridized carbons (Fsp3) is 0.211. The maximum Gasteiger partial charge on any atom is 0.254 e. The van der Waals surface area contributed by atoms with Crippen molar-refractivity contribution >= 4 is 40.1 Å². The van der Waals surface area contributed by atoms with Crippen molar-refractivity contribution in [2.24, 2.45) is 0 Å². The van der Waals surface area contributed by atoms with Gasteiger partial charge in [-0.2, -0.15) is 0 Å². The lowest BCUT2D eigenvalue weighted by Crippen LogP contribution is -2.36. The summed E-state index contributed by atoms with van der Waals surface area (Å²) in [6.07, 6.45) is 0.